The van der Waals surface area contributed by atoms with Crippen LogP contribution in [0.15, 0.2) is 18.3 Å². The molecule has 0 aliphatic rings. The molecule has 4 heteroatoms. The van der Waals surface area contributed by atoms with E-state index in [0.717, 1.165) is 5.69 Å². The number of carbonyl (C=O) groups excluding carboxylic acids is 1. The minimum absolute atomic E-state index is 0.0268. The summed E-state index contributed by atoms with van der Waals surface area (Å²) in [4.78, 5) is 14.5. The maximum absolute atomic E-state index is 11.5. The van der Waals surface area contributed by atoms with E-state index in [0.29, 0.717) is 19.5 Å². The van der Waals surface area contributed by atoms with Crippen LogP contribution in [0, 0.1) is 5.41 Å². The summed E-state index contributed by atoms with van der Waals surface area (Å²) in [6, 6.07) is 3.78. The van der Waals surface area contributed by atoms with Crippen molar-refractivity contribution in [2.45, 2.75) is 20.3 Å². The van der Waals surface area contributed by atoms with Crippen LogP contribution < -0.4 is 11.1 Å². The van der Waals surface area contributed by atoms with Gasteiger partial charge in [-0.2, -0.15) is 0 Å². The lowest BCUT2D eigenvalue weighted by Crippen LogP contribution is -2.39. The number of hydrogen-bond donors (Lipinski definition) is 3. The molecule has 0 saturated heterocycles. The van der Waals surface area contributed by atoms with Gasteiger partial charge in [-0.15, -0.1) is 0 Å². The maximum atomic E-state index is 11.5. The summed E-state index contributed by atoms with van der Waals surface area (Å²) in [6.45, 7) is 5.24. The highest BCUT2D eigenvalue weighted by atomic mass is 16.1. The van der Waals surface area contributed by atoms with Crippen LogP contribution in [0.4, 0.5) is 0 Å². The van der Waals surface area contributed by atoms with Crippen LogP contribution in [-0.2, 0) is 11.2 Å². The van der Waals surface area contributed by atoms with Crippen molar-refractivity contribution < 1.29 is 4.79 Å². The van der Waals surface area contributed by atoms with E-state index >= 15 is 0 Å². The fourth-order valence-electron chi connectivity index (χ4n) is 1.12. The third kappa shape index (κ3) is 4.16. The summed E-state index contributed by atoms with van der Waals surface area (Å²) in [5.74, 6) is 0.0268. The Morgan fingerprint density at radius 1 is 1.60 bits per heavy atom. The second-order valence-corrected chi connectivity index (χ2v) is 4.52. The van der Waals surface area contributed by atoms with Crippen molar-refractivity contribution in [3.63, 3.8) is 0 Å². The Kier molecular flexibility index (Phi) is 3.91. The van der Waals surface area contributed by atoms with Gasteiger partial charge in [0.2, 0.25) is 5.91 Å². The fourth-order valence-corrected chi connectivity index (χ4v) is 1.12. The minimum Gasteiger partial charge on any atom is -0.365 e. The van der Waals surface area contributed by atoms with Crippen molar-refractivity contribution in [1.82, 2.24) is 10.3 Å². The molecule has 84 valence electrons. The summed E-state index contributed by atoms with van der Waals surface area (Å²) in [7, 11) is 0. The van der Waals surface area contributed by atoms with Gasteiger partial charge in [-0.3, -0.25) is 4.79 Å². The average molecular weight is 209 g/mol. The van der Waals surface area contributed by atoms with Gasteiger partial charge in [-0.25, -0.2) is 0 Å². The molecular formula is C11H19N3O. The Labute approximate surface area is 90.2 Å². The fraction of sp³-hybridized carbons (Fsp3) is 0.545. The van der Waals surface area contributed by atoms with Crippen LogP contribution in [-0.4, -0.2) is 24.0 Å². The van der Waals surface area contributed by atoms with E-state index in [1.807, 2.05) is 32.2 Å². The van der Waals surface area contributed by atoms with Crippen LogP contribution in [0.3, 0.4) is 0 Å². The number of nitrogens with two attached hydrogens (primary N) is 1. The smallest absolute Gasteiger partial charge is 0.225 e. The number of aromatic nitrogens is 1. The van der Waals surface area contributed by atoms with Crippen molar-refractivity contribution in [2.24, 2.45) is 11.1 Å². The Bertz CT molecular complexity index is 304. The predicted octanol–water partition coefficient (Wildman–Crippen LogP) is 0.658. The Morgan fingerprint density at radius 3 is 2.87 bits per heavy atom. The third-order valence-electron chi connectivity index (χ3n) is 2.33. The molecule has 0 aromatic carbocycles. The Hall–Kier alpha value is -1.29. The first kappa shape index (κ1) is 11.8. The number of H-pyrrole nitrogens is 1. The molecule has 1 rings (SSSR count). The molecule has 4 N–H and O–H groups in total. The van der Waals surface area contributed by atoms with Gasteiger partial charge in [-0.05, 0) is 24.1 Å². The molecule has 0 spiro atoms. The molecule has 0 aliphatic carbocycles. The zero-order chi connectivity index (χ0) is 11.3. The highest BCUT2D eigenvalue weighted by Gasteiger charge is 2.16. The van der Waals surface area contributed by atoms with Gasteiger partial charge in [-0.1, -0.05) is 13.8 Å². The SMILES string of the molecule is CC(C)(CN)CNC(=O)Cc1ccc[nH]1. The van der Waals surface area contributed by atoms with Crippen LogP contribution in [0.2, 0.25) is 0 Å². The highest BCUT2D eigenvalue weighted by Crippen LogP contribution is 2.09. The molecule has 0 fully saturated rings. The highest BCUT2D eigenvalue weighted by molar-refractivity contribution is 5.78. The topological polar surface area (TPSA) is 70.9 Å². The quantitative estimate of drug-likeness (QED) is 0.666. The van der Waals surface area contributed by atoms with Crippen molar-refractivity contribution in [2.75, 3.05) is 13.1 Å². The second-order valence-electron chi connectivity index (χ2n) is 4.52. The number of hydrogen-bond acceptors (Lipinski definition) is 2. The van der Waals surface area contributed by atoms with E-state index in [2.05, 4.69) is 10.3 Å². The molecule has 0 unspecified atom stereocenters. The molecule has 0 bridgehead atoms. The maximum Gasteiger partial charge on any atom is 0.225 e. The summed E-state index contributed by atoms with van der Waals surface area (Å²) in [6.07, 6.45) is 2.21. The first-order chi connectivity index (χ1) is 7.03. The normalized spacial score (nSPS) is 11.4. The molecular weight excluding hydrogens is 190 g/mol. The van der Waals surface area contributed by atoms with E-state index in [9.17, 15) is 4.79 Å². The first-order valence-electron chi connectivity index (χ1n) is 5.12. The molecule has 0 atom stereocenters. The molecule has 1 aromatic rings. The Balaban J connectivity index is 2.31. The first-order valence-corrected chi connectivity index (χ1v) is 5.12. The molecule has 1 amide bonds. The average Bonchev–Trinajstić information content (AvgIpc) is 2.68. The van der Waals surface area contributed by atoms with Crippen LogP contribution >= 0.6 is 0 Å². The summed E-state index contributed by atoms with van der Waals surface area (Å²) in [5, 5.41) is 2.87. The van der Waals surface area contributed by atoms with Crippen LogP contribution in [0.25, 0.3) is 0 Å². The minimum atomic E-state index is -0.0363. The number of amides is 1. The van der Waals surface area contributed by atoms with Crippen LogP contribution in [0.5, 0.6) is 0 Å². The Morgan fingerprint density at radius 2 is 2.33 bits per heavy atom. The lowest BCUT2D eigenvalue weighted by atomic mass is 9.94. The van der Waals surface area contributed by atoms with E-state index < -0.39 is 0 Å². The molecule has 15 heavy (non-hydrogen) atoms. The van der Waals surface area contributed by atoms with Gasteiger partial charge in [0, 0.05) is 18.4 Å². The zero-order valence-corrected chi connectivity index (χ0v) is 9.34. The number of carbonyl (C=O) groups is 1. The van der Waals surface area contributed by atoms with E-state index in [-0.39, 0.29) is 11.3 Å². The molecule has 1 aromatic heterocycles. The molecule has 4 nitrogen and oxygen atoms in total. The van der Waals surface area contributed by atoms with E-state index in [1.165, 1.54) is 0 Å². The summed E-state index contributed by atoms with van der Waals surface area (Å²) < 4.78 is 0. The van der Waals surface area contributed by atoms with Crippen LogP contribution in [0.1, 0.15) is 19.5 Å². The third-order valence-corrected chi connectivity index (χ3v) is 2.33. The van der Waals surface area contributed by atoms with Crippen molar-refractivity contribution >= 4 is 5.91 Å². The molecule has 0 saturated carbocycles. The summed E-state index contributed by atoms with van der Waals surface area (Å²) in [5.41, 5.74) is 6.46. The van der Waals surface area contributed by atoms with Gasteiger partial charge < -0.3 is 16.0 Å². The molecule has 0 aliphatic heterocycles. The van der Waals surface area contributed by atoms with Gasteiger partial charge in [0.15, 0.2) is 0 Å². The lowest BCUT2D eigenvalue weighted by molar-refractivity contribution is -0.120. The molecule has 0 radical (unpaired) electrons. The van der Waals surface area contributed by atoms with E-state index in [4.69, 9.17) is 5.73 Å². The van der Waals surface area contributed by atoms with Crippen molar-refractivity contribution in [3.05, 3.63) is 24.0 Å². The molecule has 1 heterocycles. The monoisotopic (exact) mass is 209 g/mol. The van der Waals surface area contributed by atoms with Gasteiger partial charge in [0.05, 0.1) is 6.42 Å². The predicted molar refractivity (Wildman–Crippen MR) is 60.3 cm³/mol. The van der Waals surface area contributed by atoms with Crippen molar-refractivity contribution in [1.29, 1.82) is 0 Å². The zero-order valence-electron chi connectivity index (χ0n) is 9.34. The van der Waals surface area contributed by atoms with E-state index in [1.54, 1.807) is 0 Å². The number of rotatable bonds is 5. The lowest BCUT2D eigenvalue weighted by Gasteiger charge is -2.22. The van der Waals surface area contributed by atoms with Gasteiger partial charge in [0.25, 0.3) is 0 Å². The second kappa shape index (κ2) is 4.98. The largest absolute Gasteiger partial charge is 0.365 e. The van der Waals surface area contributed by atoms with Gasteiger partial charge in [0.1, 0.15) is 0 Å². The van der Waals surface area contributed by atoms with Gasteiger partial charge >= 0.3 is 0 Å². The number of aromatic amines is 1. The number of nitrogens with one attached hydrogen (secondary N) is 2. The summed E-state index contributed by atoms with van der Waals surface area (Å²) >= 11 is 0. The van der Waals surface area contributed by atoms with Crippen molar-refractivity contribution in [3.8, 4) is 0 Å². The standard InChI is InChI=1S/C11H19N3O/c1-11(2,7-12)8-14-10(15)6-9-4-3-5-13-9/h3-5,13H,6-8,12H2,1-2H3,(H,14,15).